The minimum atomic E-state index is -0.394. The van der Waals surface area contributed by atoms with Gasteiger partial charge >= 0.3 is 0 Å². The monoisotopic (exact) mass is 427 g/mol. The fourth-order valence-electron chi connectivity index (χ4n) is 4.14. The number of pyridine rings is 1. The van der Waals surface area contributed by atoms with Crippen molar-refractivity contribution in [1.82, 2.24) is 24.5 Å². The van der Waals surface area contributed by atoms with Gasteiger partial charge < -0.3 is 19.9 Å². The number of anilines is 3. The van der Waals surface area contributed by atoms with E-state index in [9.17, 15) is 4.39 Å². The molecule has 3 aromatic heterocycles. The number of aryl methyl sites for hydroxylation is 2. The van der Waals surface area contributed by atoms with Gasteiger partial charge in [0, 0.05) is 56.9 Å². The average molecular weight is 428 g/mol. The van der Waals surface area contributed by atoms with Gasteiger partial charge in [-0.3, -0.25) is 4.68 Å². The SMILES string of the molecule is Cc1cn2cc(Nc3nn(C)c4cc(N5CCNC(C)C5)cc(Cl)c34)cc(F)c2n1. The normalized spacial score (nSPS) is 17.2. The maximum Gasteiger partial charge on any atom is 0.173 e. The van der Waals surface area contributed by atoms with E-state index in [1.165, 1.54) is 6.07 Å². The number of aromatic nitrogens is 4. The lowest BCUT2D eigenvalue weighted by atomic mass is 10.1. The smallest absolute Gasteiger partial charge is 0.173 e. The summed E-state index contributed by atoms with van der Waals surface area (Å²) in [6, 6.07) is 5.94. The number of piperazine rings is 1. The van der Waals surface area contributed by atoms with Crippen molar-refractivity contribution in [3.63, 3.8) is 0 Å². The first kappa shape index (κ1) is 19.1. The summed E-state index contributed by atoms with van der Waals surface area (Å²) in [5.41, 5.74) is 3.64. The molecule has 0 saturated carbocycles. The van der Waals surface area contributed by atoms with E-state index in [2.05, 4.69) is 38.6 Å². The number of rotatable bonds is 3. The minimum Gasteiger partial charge on any atom is -0.369 e. The highest BCUT2D eigenvalue weighted by Gasteiger charge is 2.20. The third-order valence-corrected chi connectivity index (χ3v) is 5.81. The highest BCUT2D eigenvalue weighted by molar-refractivity contribution is 6.37. The zero-order valence-electron chi connectivity index (χ0n) is 17.1. The van der Waals surface area contributed by atoms with E-state index >= 15 is 0 Å². The van der Waals surface area contributed by atoms with E-state index in [1.54, 1.807) is 21.5 Å². The first-order valence-electron chi connectivity index (χ1n) is 9.95. The third-order valence-electron chi connectivity index (χ3n) is 5.51. The molecular weight excluding hydrogens is 405 g/mol. The number of nitrogens with zero attached hydrogens (tertiary/aromatic N) is 5. The second-order valence-corrected chi connectivity index (χ2v) is 8.32. The fourth-order valence-corrected chi connectivity index (χ4v) is 4.44. The van der Waals surface area contributed by atoms with Crippen LogP contribution >= 0.6 is 11.6 Å². The second-order valence-electron chi connectivity index (χ2n) is 7.91. The maximum absolute atomic E-state index is 14.5. The van der Waals surface area contributed by atoms with Crippen LogP contribution in [0, 0.1) is 12.7 Å². The van der Waals surface area contributed by atoms with E-state index in [0.717, 1.165) is 41.9 Å². The van der Waals surface area contributed by atoms with Crippen LogP contribution in [0.4, 0.5) is 21.6 Å². The predicted octanol–water partition coefficient (Wildman–Crippen LogP) is 3.86. The number of benzene rings is 1. The Morgan fingerprint density at radius 1 is 1.27 bits per heavy atom. The molecule has 156 valence electrons. The molecule has 0 spiro atoms. The molecule has 4 heterocycles. The number of hydrogen-bond acceptors (Lipinski definition) is 5. The molecule has 0 radical (unpaired) electrons. The van der Waals surface area contributed by atoms with E-state index in [4.69, 9.17) is 11.6 Å². The fraction of sp³-hybridized carbons (Fsp3) is 0.333. The summed E-state index contributed by atoms with van der Waals surface area (Å²) in [4.78, 5) is 6.53. The third kappa shape index (κ3) is 3.26. The van der Waals surface area contributed by atoms with Gasteiger partial charge in [0.25, 0.3) is 0 Å². The Bertz CT molecular complexity index is 1260. The minimum absolute atomic E-state index is 0.303. The molecule has 2 N–H and O–H groups in total. The summed E-state index contributed by atoms with van der Waals surface area (Å²) in [6.45, 7) is 6.81. The van der Waals surface area contributed by atoms with Crippen LogP contribution in [-0.2, 0) is 7.05 Å². The number of nitrogens with one attached hydrogen (secondary N) is 2. The van der Waals surface area contributed by atoms with Crippen molar-refractivity contribution in [3.8, 4) is 0 Å². The van der Waals surface area contributed by atoms with Gasteiger partial charge in [0.15, 0.2) is 17.3 Å². The lowest BCUT2D eigenvalue weighted by molar-refractivity contribution is 0.485. The number of fused-ring (bicyclic) bond motifs is 2. The van der Waals surface area contributed by atoms with Crippen molar-refractivity contribution in [2.24, 2.45) is 7.05 Å². The van der Waals surface area contributed by atoms with Crippen molar-refractivity contribution < 1.29 is 4.39 Å². The van der Waals surface area contributed by atoms with Gasteiger partial charge in [0.2, 0.25) is 0 Å². The van der Waals surface area contributed by atoms with E-state index < -0.39 is 5.82 Å². The Labute approximate surface area is 178 Å². The maximum atomic E-state index is 14.5. The Kier molecular flexibility index (Phi) is 4.56. The Hall–Kier alpha value is -2.84. The van der Waals surface area contributed by atoms with E-state index in [-0.39, 0.29) is 0 Å². The molecule has 1 atom stereocenters. The van der Waals surface area contributed by atoms with Crippen molar-refractivity contribution in [2.75, 3.05) is 29.9 Å². The summed E-state index contributed by atoms with van der Waals surface area (Å²) in [6.07, 6.45) is 3.58. The molecule has 1 aliphatic rings. The van der Waals surface area contributed by atoms with Gasteiger partial charge in [-0.1, -0.05) is 11.6 Å². The molecule has 7 nitrogen and oxygen atoms in total. The largest absolute Gasteiger partial charge is 0.369 e. The van der Waals surface area contributed by atoms with Crippen LogP contribution < -0.4 is 15.5 Å². The molecule has 30 heavy (non-hydrogen) atoms. The zero-order valence-corrected chi connectivity index (χ0v) is 17.8. The van der Waals surface area contributed by atoms with Crippen LogP contribution in [-0.4, -0.2) is 44.8 Å². The Balaban J connectivity index is 1.54. The van der Waals surface area contributed by atoms with Crippen LogP contribution in [0.25, 0.3) is 16.6 Å². The van der Waals surface area contributed by atoms with Gasteiger partial charge in [-0.25, -0.2) is 9.37 Å². The predicted molar refractivity (Wildman–Crippen MR) is 119 cm³/mol. The number of hydrogen-bond donors (Lipinski definition) is 2. The molecule has 0 aliphatic carbocycles. The summed E-state index contributed by atoms with van der Waals surface area (Å²) in [7, 11) is 1.89. The van der Waals surface area contributed by atoms with Gasteiger partial charge in [0.1, 0.15) is 0 Å². The molecule has 5 rings (SSSR count). The summed E-state index contributed by atoms with van der Waals surface area (Å²) in [5, 5.41) is 12.7. The number of imidazole rings is 1. The topological polar surface area (TPSA) is 62.4 Å². The van der Waals surface area contributed by atoms with Gasteiger partial charge in [-0.15, -0.1) is 0 Å². The first-order valence-corrected chi connectivity index (χ1v) is 10.3. The highest BCUT2D eigenvalue weighted by atomic mass is 35.5. The van der Waals surface area contributed by atoms with Crippen molar-refractivity contribution in [3.05, 3.63) is 47.1 Å². The number of halogens is 2. The van der Waals surface area contributed by atoms with Gasteiger partial charge in [-0.2, -0.15) is 5.10 Å². The van der Waals surface area contributed by atoms with Crippen LogP contribution in [0.3, 0.4) is 0 Å². The van der Waals surface area contributed by atoms with Gasteiger partial charge in [0.05, 0.1) is 27.3 Å². The summed E-state index contributed by atoms with van der Waals surface area (Å²) >= 11 is 6.71. The molecule has 1 saturated heterocycles. The molecule has 9 heteroatoms. The quantitative estimate of drug-likeness (QED) is 0.519. The van der Waals surface area contributed by atoms with Crippen molar-refractivity contribution >= 4 is 45.3 Å². The molecule has 1 unspecified atom stereocenters. The summed E-state index contributed by atoms with van der Waals surface area (Å²) in [5.74, 6) is 0.197. The first-order chi connectivity index (χ1) is 14.4. The molecule has 4 aromatic rings. The molecule has 1 fully saturated rings. The van der Waals surface area contributed by atoms with E-state index in [1.807, 2.05) is 20.0 Å². The molecule has 0 bridgehead atoms. The molecule has 0 amide bonds. The van der Waals surface area contributed by atoms with Crippen LogP contribution in [0.5, 0.6) is 0 Å². The van der Waals surface area contributed by atoms with Crippen molar-refractivity contribution in [1.29, 1.82) is 0 Å². The highest BCUT2D eigenvalue weighted by Crippen LogP contribution is 2.36. The second kappa shape index (κ2) is 7.14. The molecule has 1 aliphatic heterocycles. The standard InChI is InChI=1S/C21H23ClFN7/c1-12-9-29(5-4-24-12)15-7-16(22)19-18(8-15)28(3)27-20(19)26-14-6-17(23)21-25-13(2)10-30(21)11-14/h6-8,10-12,24H,4-5,9H2,1-3H3,(H,26,27). The Morgan fingerprint density at radius 2 is 2.10 bits per heavy atom. The van der Waals surface area contributed by atoms with E-state index in [0.29, 0.717) is 28.2 Å². The lowest BCUT2D eigenvalue weighted by Crippen LogP contribution is -2.49. The Morgan fingerprint density at radius 3 is 2.90 bits per heavy atom. The van der Waals surface area contributed by atoms with Gasteiger partial charge in [-0.05, 0) is 26.0 Å². The van der Waals surface area contributed by atoms with Crippen LogP contribution in [0.2, 0.25) is 5.02 Å². The molecular formula is C21H23ClFN7. The average Bonchev–Trinajstić information content (AvgIpc) is 3.22. The summed E-state index contributed by atoms with van der Waals surface area (Å²) < 4.78 is 17.9. The van der Waals surface area contributed by atoms with Crippen molar-refractivity contribution in [2.45, 2.75) is 19.9 Å². The van der Waals surface area contributed by atoms with Crippen LogP contribution in [0.15, 0.2) is 30.6 Å². The van der Waals surface area contributed by atoms with Crippen LogP contribution in [0.1, 0.15) is 12.6 Å². The lowest BCUT2D eigenvalue weighted by Gasteiger charge is -2.33. The molecule has 1 aromatic carbocycles. The zero-order chi connectivity index (χ0) is 21.0.